The van der Waals surface area contributed by atoms with Gasteiger partial charge in [-0.2, -0.15) is 0 Å². The van der Waals surface area contributed by atoms with Crippen LogP contribution in [0.15, 0.2) is 18.2 Å². The van der Waals surface area contributed by atoms with Crippen molar-refractivity contribution in [2.75, 3.05) is 18.5 Å². The third-order valence-corrected chi connectivity index (χ3v) is 2.34. The van der Waals surface area contributed by atoms with E-state index in [9.17, 15) is 9.18 Å². The number of rotatable bonds is 5. The zero-order chi connectivity index (χ0) is 13.1. The first-order valence-electron chi connectivity index (χ1n) is 4.94. The maximum absolute atomic E-state index is 13.3. The second-order valence-electron chi connectivity index (χ2n) is 4.00. The zero-order valence-corrected chi connectivity index (χ0v) is 9.27. The topological polar surface area (TPSA) is 89.8 Å². The van der Waals surface area contributed by atoms with Gasteiger partial charge in [-0.3, -0.25) is 0 Å². The molecular weight excluding hydrogens is 229 g/mol. The van der Waals surface area contributed by atoms with Crippen molar-refractivity contribution < 1.29 is 24.5 Å². The predicted octanol–water partition coefficient (Wildman–Crippen LogP) is 0.679. The third-order valence-electron chi connectivity index (χ3n) is 2.34. The van der Waals surface area contributed by atoms with E-state index in [0.29, 0.717) is 0 Å². The van der Waals surface area contributed by atoms with Crippen LogP contribution in [0.25, 0.3) is 0 Å². The van der Waals surface area contributed by atoms with Gasteiger partial charge in [0.05, 0.1) is 24.3 Å². The minimum Gasteiger partial charge on any atom is -0.478 e. The summed E-state index contributed by atoms with van der Waals surface area (Å²) in [5.74, 6) is -2.22. The molecular formula is C11H14FNO4. The SMILES string of the molecule is CC(CO)(CO)Nc1ccc(C(=O)O)c(F)c1. The molecule has 0 fully saturated rings. The van der Waals surface area contributed by atoms with Gasteiger partial charge in [0.2, 0.25) is 0 Å². The average molecular weight is 243 g/mol. The van der Waals surface area contributed by atoms with E-state index in [4.69, 9.17) is 15.3 Å². The number of carboxylic acid groups (broad SMARTS) is 1. The highest BCUT2D eigenvalue weighted by atomic mass is 19.1. The molecule has 17 heavy (non-hydrogen) atoms. The largest absolute Gasteiger partial charge is 0.478 e. The number of anilines is 1. The molecule has 0 unspecified atom stereocenters. The summed E-state index contributed by atoms with van der Waals surface area (Å²) in [5, 5.41) is 29.5. The third kappa shape index (κ3) is 3.15. The molecule has 1 aromatic rings. The maximum Gasteiger partial charge on any atom is 0.338 e. The van der Waals surface area contributed by atoms with E-state index < -0.39 is 22.9 Å². The van der Waals surface area contributed by atoms with Crippen LogP contribution in [0.3, 0.4) is 0 Å². The first-order chi connectivity index (χ1) is 7.91. The second kappa shape index (κ2) is 5.11. The van der Waals surface area contributed by atoms with Crippen molar-refractivity contribution in [2.24, 2.45) is 0 Å². The van der Waals surface area contributed by atoms with Crippen LogP contribution in [0.1, 0.15) is 17.3 Å². The lowest BCUT2D eigenvalue weighted by Crippen LogP contribution is -2.42. The predicted molar refractivity (Wildman–Crippen MR) is 59.6 cm³/mol. The Morgan fingerprint density at radius 1 is 1.41 bits per heavy atom. The zero-order valence-electron chi connectivity index (χ0n) is 9.27. The van der Waals surface area contributed by atoms with E-state index in [1.807, 2.05) is 0 Å². The summed E-state index contributed by atoms with van der Waals surface area (Å²) >= 11 is 0. The number of aliphatic hydroxyl groups is 2. The average Bonchev–Trinajstić information content (AvgIpc) is 2.28. The minimum absolute atomic E-state index is 0.290. The van der Waals surface area contributed by atoms with Gasteiger partial charge in [-0.15, -0.1) is 0 Å². The van der Waals surface area contributed by atoms with Crippen molar-refractivity contribution in [3.05, 3.63) is 29.6 Å². The Morgan fingerprint density at radius 2 is 2.00 bits per heavy atom. The number of carbonyl (C=O) groups is 1. The fraction of sp³-hybridized carbons (Fsp3) is 0.364. The summed E-state index contributed by atoms with van der Waals surface area (Å²) in [6, 6.07) is 3.50. The molecule has 0 aliphatic rings. The van der Waals surface area contributed by atoms with Gasteiger partial charge in [0, 0.05) is 5.69 Å². The lowest BCUT2D eigenvalue weighted by Gasteiger charge is -2.27. The van der Waals surface area contributed by atoms with Gasteiger partial charge in [-0.05, 0) is 25.1 Å². The van der Waals surface area contributed by atoms with Gasteiger partial charge in [0.15, 0.2) is 0 Å². The maximum atomic E-state index is 13.3. The van der Waals surface area contributed by atoms with Crippen LogP contribution in [-0.2, 0) is 0 Å². The van der Waals surface area contributed by atoms with Crippen LogP contribution in [-0.4, -0.2) is 40.0 Å². The Hall–Kier alpha value is -1.66. The highest BCUT2D eigenvalue weighted by molar-refractivity contribution is 5.88. The van der Waals surface area contributed by atoms with Crippen LogP contribution in [0.4, 0.5) is 10.1 Å². The van der Waals surface area contributed by atoms with Crippen LogP contribution >= 0.6 is 0 Å². The van der Waals surface area contributed by atoms with Crippen molar-refractivity contribution in [1.82, 2.24) is 0 Å². The Kier molecular flexibility index (Phi) is 4.03. The second-order valence-corrected chi connectivity index (χ2v) is 4.00. The Balaban J connectivity index is 2.95. The van der Waals surface area contributed by atoms with E-state index >= 15 is 0 Å². The van der Waals surface area contributed by atoms with Crippen molar-refractivity contribution in [3.8, 4) is 0 Å². The molecule has 0 aromatic heterocycles. The van der Waals surface area contributed by atoms with Crippen LogP contribution in [0.2, 0.25) is 0 Å². The van der Waals surface area contributed by atoms with Crippen LogP contribution in [0, 0.1) is 5.82 Å². The molecule has 94 valence electrons. The summed E-state index contributed by atoms with van der Waals surface area (Å²) in [4.78, 5) is 10.6. The molecule has 0 atom stereocenters. The molecule has 0 saturated heterocycles. The number of aromatic carboxylic acids is 1. The van der Waals surface area contributed by atoms with E-state index in [-0.39, 0.29) is 18.9 Å². The Labute approximate surface area is 97.5 Å². The molecule has 1 aromatic carbocycles. The van der Waals surface area contributed by atoms with Gasteiger partial charge in [-0.1, -0.05) is 0 Å². The van der Waals surface area contributed by atoms with Crippen molar-refractivity contribution in [2.45, 2.75) is 12.5 Å². The summed E-state index contributed by atoms with van der Waals surface area (Å²) in [6.45, 7) is 0.869. The molecule has 0 spiro atoms. The smallest absolute Gasteiger partial charge is 0.338 e. The molecule has 0 saturated carbocycles. The lowest BCUT2D eigenvalue weighted by molar-refractivity contribution is 0.0692. The highest BCUT2D eigenvalue weighted by Crippen LogP contribution is 2.18. The van der Waals surface area contributed by atoms with Crippen LogP contribution < -0.4 is 5.32 Å². The molecule has 0 heterocycles. The number of nitrogens with one attached hydrogen (secondary N) is 1. The molecule has 0 radical (unpaired) electrons. The number of carboxylic acids is 1. The molecule has 6 heteroatoms. The summed E-state index contributed by atoms with van der Waals surface area (Å²) in [7, 11) is 0. The van der Waals surface area contributed by atoms with Crippen LogP contribution in [0.5, 0.6) is 0 Å². The first kappa shape index (κ1) is 13.4. The van der Waals surface area contributed by atoms with Crippen molar-refractivity contribution in [3.63, 3.8) is 0 Å². The number of benzene rings is 1. The number of halogens is 1. The van der Waals surface area contributed by atoms with Gasteiger partial charge in [-0.25, -0.2) is 9.18 Å². The normalized spacial score (nSPS) is 11.3. The monoisotopic (exact) mass is 243 g/mol. The van der Waals surface area contributed by atoms with Gasteiger partial charge >= 0.3 is 5.97 Å². The summed E-state index contributed by atoms with van der Waals surface area (Å²) in [5.41, 5.74) is -1.12. The van der Waals surface area contributed by atoms with E-state index in [1.54, 1.807) is 6.92 Å². The fourth-order valence-corrected chi connectivity index (χ4v) is 1.24. The summed E-state index contributed by atoms with van der Waals surface area (Å²) in [6.07, 6.45) is 0. The molecule has 5 nitrogen and oxygen atoms in total. The van der Waals surface area contributed by atoms with Crippen molar-refractivity contribution in [1.29, 1.82) is 0 Å². The van der Waals surface area contributed by atoms with E-state index in [0.717, 1.165) is 12.1 Å². The van der Waals surface area contributed by atoms with Crippen molar-refractivity contribution >= 4 is 11.7 Å². The highest BCUT2D eigenvalue weighted by Gasteiger charge is 2.22. The molecule has 1 rings (SSSR count). The number of aliphatic hydroxyl groups excluding tert-OH is 2. The first-order valence-corrected chi connectivity index (χ1v) is 4.94. The number of hydrogen-bond donors (Lipinski definition) is 4. The van der Waals surface area contributed by atoms with Gasteiger partial charge in [0.1, 0.15) is 5.82 Å². The molecule has 0 aliphatic heterocycles. The fourth-order valence-electron chi connectivity index (χ4n) is 1.24. The van der Waals surface area contributed by atoms with E-state index in [1.165, 1.54) is 6.07 Å². The summed E-state index contributed by atoms with van der Waals surface area (Å²) < 4.78 is 13.3. The quantitative estimate of drug-likeness (QED) is 0.610. The number of hydrogen-bond acceptors (Lipinski definition) is 4. The van der Waals surface area contributed by atoms with Gasteiger partial charge in [0.25, 0.3) is 0 Å². The Morgan fingerprint density at radius 3 is 2.41 bits per heavy atom. The standard InChI is InChI=1S/C11H14FNO4/c1-11(5-14,6-15)13-7-2-3-8(10(16)17)9(12)4-7/h2-4,13-15H,5-6H2,1H3,(H,16,17). The minimum atomic E-state index is -1.35. The molecule has 4 N–H and O–H groups in total. The molecule has 0 aliphatic carbocycles. The lowest BCUT2D eigenvalue weighted by atomic mass is 10.0. The molecule has 0 amide bonds. The van der Waals surface area contributed by atoms with E-state index in [2.05, 4.69) is 5.32 Å². The Bertz CT molecular complexity index is 418. The molecule has 0 bridgehead atoms. The van der Waals surface area contributed by atoms with Gasteiger partial charge < -0.3 is 20.6 Å².